The average Bonchev–Trinajstić information content (AvgIpc) is 3.02. The minimum absolute atomic E-state index is 0. The predicted octanol–water partition coefficient (Wildman–Crippen LogP) is 1.40. The number of hydrogen-bond acceptors (Lipinski definition) is 4. The van der Waals surface area contributed by atoms with Crippen molar-refractivity contribution in [2.75, 3.05) is 33.3 Å². The van der Waals surface area contributed by atoms with Gasteiger partial charge in [0, 0.05) is 18.7 Å². The molecule has 0 aliphatic carbocycles. The molecule has 2 heterocycles. The molecule has 0 bridgehead atoms. The van der Waals surface area contributed by atoms with Crippen molar-refractivity contribution < 1.29 is 17.5 Å². The summed E-state index contributed by atoms with van der Waals surface area (Å²) in [5.74, 6) is 0.180. The summed E-state index contributed by atoms with van der Waals surface area (Å²) in [6.07, 6.45) is 0. The Kier molecular flexibility index (Phi) is 5.01. The number of hydrogen-bond donors (Lipinski definition) is 1. The number of fused-ring (bicyclic) bond motifs is 1. The third kappa shape index (κ3) is 2.71. The molecule has 1 aromatic carbocycles. The van der Waals surface area contributed by atoms with Crippen LogP contribution in [-0.2, 0) is 10.0 Å². The average molecular weight is 351 g/mol. The maximum absolute atomic E-state index is 14.1. The van der Waals surface area contributed by atoms with Gasteiger partial charge in [-0.2, -0.15) is 4.31 Å². The van der Waals surface area contributed by atoms with Gasteiger partial charge in [0.2, 0.25) is 10.0 Å². The molecule has 0 unspecified atom stereocenters. The van der Waals surface area contributed by atoms with Gasteiger partial charge >= 0.3 is 0 Å². The maximum atomic E-state index is 14.1. The van der Waals surface area contributed by atoms with Crippen molar-refractivity contribution in [1.29, 1.82) is 0 Å². The van der Waals surface area contributed by atoms with Gasteiger partial charge in [0.05, 0.1) is 12.0 Å². The van der Waals surface area contributed by atoms with E-state index in [1.165, 1.54) is 30.5 Å². The summed E-state index contributed by atoms with van der Waals surface area (Å²) >= 11 is 0. The zero-order valence-electron chi connectivity index (χ0n) is 12.5. The fraction of sp³-hybridized carbons (Fsp3) is 0.571. The van der Waals surface area contributed by atoms with Crippen LogP contribution >= 0.6 is 12.4 Å². The first-order valence-electron chi connectivity index (χ1n) is 6.99. The summed E-state index contributed by atoms with van der Waals surface area (Å²) in [4.78, 5) is 0.0359. The summed E-state index contributed by atoms with van der Waals surface area (Å²) in [6.45, 7) is 4.20. The van der Waals surface area contributed by atoms with E-state index in [9.17, 15) is 12.8 Å². The van der Waals surface area contributed by atoms with Gasteiger partial charge in [0.25, 0.3) is 0 Å². The normalized spacial score (nSPS) is 24.9. The van der Waals surface area contributed by atoms with E-state index in [1.54, 1.807) is 0 Å². The molecule has 8 heteroatoms. The van der Waals surface area contributed by atoms with Crippen molar-refractivity contribution in [3.8, 4) is 5.75 Å². The topological polar surface area (TPSA) is 58.6 Å². The molecule has 0 spiro atoms. The molecule has 0 aromatic heterocycles. The highest BCUT2D eigenvalue weighted by atomic mass is 35.5. The zero-order valence-corrected chi connectivity index (χ0v) is 14.1. The van der Waals surface area contributed by atoms with E-state index < -0.39 is 15.8 Å². The van der Waals surface area contributed by atoms with Gasteiger partial charge < -0.3 is 10.1 Å². The number of nitrogens with zero attached hydrogens (tertiary/aromatic N) is 1. The molecule has 2 saturated heterocycles. The van der Waals surface area contributed by atoms with Crippen LogP contribution in [0.15, 0.2) is 17.0 Å². The fourth-order valence-electron chi connectivity index (χ4n) is 3.23. The summed E-state index contributed by atoms with van der Waals surface area (Å²) in [7, 11) is -2.29. The van der Waals surface area contributed by atoms with Gasteiger partial charge in [-0.05, 0) is 44.0 Å². The Balaban J connectivity index is 0.00000176. The maximum Gasteiger partial charge on any atom is 0.243 e. The minimum atomic E-state index is -3.65. The van der Waals surface area contributed by atoms with Crippen molar-refractivity contribution in [3.63, 3.8) is 0 Å². The highest BCUT2D eigenvalue weighted by molar-refractivity contribution is 7.89. The molecule has 1 aromatic rings. The molecule has 124 valence electrons. The molecule has 2 aliphatic heterocycles. The van der Waals surface area contributed by atoms with E-state index in [1.807, 2.05) is 0 Å². The third-order valence-electron chi connectivity index (χ3n) is 4.49. The molecular formula is C14H20ClFN2O3S. The van der Waals surface area contributed by atoms with Crippen LogP contribution < -0.4 is 10.1 Å². The van der Waals surface area contributed by atoms with Gasteiger partial charge in [0.15, 0.2) is 11.6 Å². The second-order valence-electron chi connectivity index (χ2n) is 5.71. The lowest BCUT2D eigenvalue weighted by Gasteiger charge is -2.19. The van der Waals surface area contributed by atoms with E-state index in [0.29, 0.717) is 24.9 Å². The fourth-order valence-corrected chi connectivity index (χ4v) is 5.00. The summed E-state index contributed by atoms with van der Waals surface area (Å²) in [5, 5.41) is 3.27. The van der Waals surface area contributed by atoms with Gasteiger partial charge in [-0.15, -0.1) is 12.4 Å². The van der Waals surface area contributed by atoms with Gasteiger partial charge in [-0.1, -0.05) is 0 Å². The first kappa shape index (κ1) is 17.5. The highest BCUT2D eigenvalue weighted by Crippen LogP contribution is 2.33. The second-order valence-corrected chi connectivity index (χ2v) is 7.61. The number of benzene rings is 1. The highest BCUT2D eigenvalue weighted by Gasteiger charge is 2.42. The summed E-state index contributed by atoms with van der Waals surface area (Å²) < 4.78 is 45.9. The molecule has 2 atom stereocenters. The van der Waals surface area contributed by atoms with Crippen LogP contribution in [0.4, 0.5) is 4.39 Å². The standard InChI is InChI=1S/C14H19FN2O3S.ClH/c1-9-13(4-3-12(20-2)14(9)15)21(18,19)17-7-10-5-16-6-11(10)8-17;/h3-4,10-11,16H,5-8H2,1-2H3;1H/t10-,11+;. The Morgan fingerprint density at radius 2 is 1.86 bits per heavy atom. The van der Waals surface area contributed by atoms with Crippen molar-refractivity contribution in [1.82, 2.24) is 9.62 Å². The predicted molar refractivity (Wildman–Crippen MR) is 83.5 cm³/mol. The first-order valence-corrected chi connectivity index (χ1v) is 8.43. The molecule has 2 fully saturated rings. The van der Waals surface area contributed by atoms with Crippen LogP contribution in [0.25, 0.3) is 0 Å². The molecule has 0 amide bonds. The monoisotopic (exact) mass is 350 g/mol. The number of nitrogens with one attached hydrogen (secondary N) is 1. The molecule has 3 rings (SSSR count). The van der Waals surface area contributed by atoms with Crippen molar-refractivity contribution >= 4 is 22.4 Å². The van der Waals surface area contributed by atoms with Gasteiger partial charge in [0.1, 0.15) is 0 Å². The van der Waals surface area contributed by atoms with E-state index in [2.05, 4.69) is 5.32 Å². The third-order valence-corrected chi connectivity index (χ3v) is 6.47. The second kappa shape index (κ2) is 6.31. The van der Waals surface area contributed by atoms with E-state index in [-0.39, 0.29) is 28.6 Å². The molecule has 5 nitrogen and oxygen atoms in total. The van der Waals surface area contributed by atoms with E-state index >= 15 is 0 Å². The van der Waals surface area contributed by atoms with Gasteiger partial charge in [-0.3, -0.25) is 0 Å². The van der Waals surface area contributed by atoms with Crippen LogP contribution in [-0.4, -0.2) is 46.0 Å². The molecule has 22 heavy (non-hydrogen) atoms. The van der Waals surface area contributed by atoms with Crippen LogP contribution in [0.2, 0.25) is 0 Å². The van der Waals surface area contributed by atoms with Crippen LogP contribution in [0.3, 0.4) is 0 Å². The molecule has 0 radical (unpaired) electrons. The lowest BCUT2D eigenvalue weighted by Crippen LogP contribution is -2.32. The van der Waals surface area contributed by atoms with E-state index in [0.717, 1.165) is 13.1 Å². The quantitative estimate of drug-likeness (QED) is 0.895. The number of halogens is 2. The Morgan fingerprint density at radius 1 is 1.27 bits per heavy atom. The molecule has 2 aliphatic rings. The van der Waals surface area contributed by atoms with Gasteiger partial charge in [-0.25, -0.2) is 12.8 Å². The molecule has 1 N–H and O–H groups in total. The Morgan fingerprint density at radius 3 is 2.41 bits per heavy atom. The van der Waals surface area contributed by atoms with Crippen LogP contribution in [0.5, 0.6) is 5.75 Å². The Labute approximate surface area is 136 Å². The smallest absolute Gasteiger partial charge is 0.243 e. The van der Waals surface area contributed by atoms with Crippen molar-refractivity contribution in [2.45, 2.75) is 11.8 Å². The Hall–Kier alpha value is -0.890. The first-order chi connectivity index (χ1) is 9.95. The molecular weight excluding hydrogens is 331 g/mol. The van der Waals surface area contributed by atoms with Crippen molar-refractivity contribution in [2.24, 2.45) is 11.8 Å². The summed E-state index contributed by atoms with van der Waals surface area (Å²) in [6, 6.07) is 2.80. The number of rotatable bonds is 3. The minimum Gasteiger partial charge on any atom is -0.494 e. The van der Waals surface area contributed by atoms with Crippen LogP contribution in [0, 0.1) is 24.6 Å². The largest absolute Gasteiger partial charge is 0.494 e. The lowest BCUT2D eigenvalue weighted by molar-refractivity contribution is 0.383. The number of sulfonamides is 1. The lowest BCUT2D eigenvalue weighted by atomic mass is 10.0. The van der Waals surface area contributed by atoms with E-state index in [4.69, 9.17) is 4.74 Å². The van der Waals surface area contributed by atoms with Crippen molar-refractivity contribution in [3.05, 3.63) is 23.5 Å². The summed E-state index contributed by atoms with van der Waals surface area (Å²) in [5.41, 5.74) is 0.115. The zero-order chi connectivity index (χ0) is 15.2. The number of ether oxygens (including phenoxy) is 1. The van der Waals surface area contributed by atoms with Crippen LogP contribution in [0.1, 0.15) is 5.56 Å². The SMILES string of the molecule is COc1ccc(S(=O)(=O)N2C[C@H]3CNC[C@H]3C2)c(C)c1F.Cl. The number of methoxy groups -OCH3 is 1. The Bertz CT molecular complexity index is 656. The molecule has 0 saturated carbocycles.